The third-order valence-electron chi connectivity index (χ3n) is 2.59. The first-order chi connectivity index (χ1) is 7.28. The summed E-state index contributed by atoms with van der Waals surface area (Å²) in [5, 5.41) is 12.0. The van der Waals surface area contributed by atoms with E-state index in [0.717, 1.165) is 8.61 Å². The SMILES string of the molecule is CC1NCCN(S(=O)(=O)N(C)C)C1C(=O)O. The molecule has 0 aromatic heterocycles. The van der Waals surface area contributed by atoms with Gasteiger partial charge in [0.1, 0.15) is 6.04 Å². The van der Waals surface area contributed by atoms with Crippen molar-refractivity contribution in [2.45, 2.75) is 19.0 Å². The molecule has 0 aromatic carbocycles. The first-order valence-corrected chi connectivity index (χ1v) is 6.33. The van der Waals surface area contributed by atoms with Crippen LogP contribution in [0.1, 0.15) is 6.92 Å². The lowest BCUT2D eigenvalue weighted by Gasteiger charge is -2.37. The van der Waals surface area contributed by atoms with Crippen LogP contribution in [0.5, 0.6) is 0 Å². The normalized spacial score (nSPS) is 28.2. The first-order valence-electron chi connectivity index (χ1n) is 4.94. The molecule has 0 amide bonds. The second-order valence-corrected chi connectivity index (χ2v) is 6.02. The zero-order valence-corrected chi connectivity index (χ0v) is 10.4. The molecule has 1 aliphatic rings. The van der Waals surface area contributed by atoms with Crippen LogP contribution in [0.2, 0.25) is 0 Å². The van der Waals surface area contributed by atoms with E-state index in [0.29, 0.717) is 6.54 Å². The van der Waals surface area contributed by atoms with Gasteiger partial charge in [0.05, 0.1) is 0 Å². The Labute approximate surface area is 95.2 Å². The van der Waals surface area contributed by atoms with Gasteiger partial charge in [-0.3, -0.25) is 4.79 Å². The molecule has 1 aliphatic heterocycles. The van der Waals surface area contributed by atoms with E-state index in [1.165, 1.54) is 14.1 Å². The number of rotatable bonds is 3. The Balaban J connectivity index is 3.05. The van der Waals surface area contributed by atoms with Crippen molar-refractivity contribution < 1.29 is 18.3 Å². The van der Waals surface area contributed by atoms with E-state index in [9.17, 15) is 13.2 Å². The van der Waals surface area contributed by atoms with E-state index in [2.05, 4.69) is 5.32 Å². The quantitative estimate of drug-likeness (QED) is 0.640. The minimum Gasteiger partial charge on any atom is -0.480 e. The maximum Gasteiger partial charge on any atom is 0.323 e. The van der Waals surface area contributed by atoms with Crippen LogP contribution in [0.4, 0.5) is 0 Å². The smallest absolute Gasteiger partial charge is 0.323 e. The predicted octanol–water partition coefficient (Wildman–Crippen LogP) is -1.46. The fraction of sp³-hybridized carbons (Fsp3) is 0.875. The lowest BCUT2D eigenvalue weighted by molar-refractivity contribution is -0.143. The predicted molar refractivity (Wildman–Crippen MR) is 58.2 cm³/mol. The molecule has 2 N–H and O–H groups in total. The molecule has 0 spiro atoms. The molecule has 0 saturated carbocycles. The Morgan fingerprint density at radius 1 is 1.50 bits per heavy atom. The van der Waals surface area contributed by atoms with Gasteiger partial charge >= 0.3 is 5.97 Å². The molecule has 0 aromatic rings. The van der Waals surface area contributed by atoms with E-state index in [-0.39, 0.29) is 6.54 Å². The van der Waals surface area contributed by atoms with Crippen LogP contribution in [-0.4, -0.2) is 67.4 Å². The molecule has 94 valence electrons. The van der Waals surface area contributed by atoms with E-state index in [4.69, 9.17) is 5.11 Å². The highest BCUT2D eigenvalue weighted by Crippen LogP contribution is 2.16. The van der Waals surface area contributed by atoms with Crippen molar-refractivity contribution >= 4 is 16.2 Å². The molecule has 0 bridgehead atoms. The molecular formula is C8H17N3O4S. The largest absolute Gasteiger partial charge is 0.480 e. The molecule has 1 heterocycles. The molecule has 1 saturated heterocycles. The molecule has 0 radical (unpaired) electrons. The average Bonchev–Trinajstić information content (AvgIpc) is 2.16. The van der Waals surface area contributed by atoms with Crippen molar-refractivity contribution in [2.24, 2.45) is 0 Å². The zero-order chi connectivity index (χ0) is 12.5. The van der Waals surface area contributed by atoms with Crippen LogP contribution >= 0.6 is 0 Å². The third-order valence-corrected chi connectivity index (χ3v) is 4.52. The van der Waals surface area contributed by atoms with Gasteiger partial charge < -0.3 is 10.4 Å². The Morgan fingerprint density at radius 3 is 2.50 bits per heavy atom. The minimum atomic E-state index is -3.68. The summed E-state index contributed by atoms with van der Waals surface area (Å²) in [6, 6.07) is -1.46. The summed E-state index contributed by atoms with van der Waals surface area (Å²) in [6.45, 7) is 2.29. The average molecular weight is 251 g/mol. The molecule has 0 aliphatic carbocycles. The molecule has 1 fully saturated rings. The summed E-state index contributed by atoms with van der Waals surface area (Å²) >= 11 is 0. The second kappa shape index (κ2) is 4.66. The number of nitrogens with one attached hydrogen (secondary N) is 1. The van der Waals surface area contributed by atoms with Crippen LogP contribution in [0, 0.1) is 0 Å². The van der Waals surface area contributed by atoms with Crippen molar-refractivity contribution in [3.05, 3.63) is 0 Å². The van der Waals surface area contributed by atoms with Gasteiger partial charge in [-0.2, -0.15) is 17.0 Å². The van der Waals surface area contributed by atoms with Crippen molar-refractivity contribution in [2.75, 3.05) is 27.2 Å². The number of aliphatic carboxylic acids is 1. The highest BCUT2D eigenvalue weighted by molar-refractivity contribution is 7.86. The molecule has 16 heavy (non-hydrogen) atoms. The number of carbonyl (C=O) groups is 1. The Kier molecular flexibility index (Phi) is 3.89. The number of nitrogens with zero attached hydrogens (tertiary/aromatic N) is 2. The van der Waals surface area contributed by atoms with Crippen LogP contribution < -0.4 is 5.32 Å². The Hall–Kier alpha value is -0.700. The number of carboxylic acid groups (broad SMARTS) is 1. The van der Waals surface area contributed by atoms with Gasteiger partial charge in [0.2, 0.25) is 0 Å². The molecule has 2 unspecified atom stereocenters. The van der Waals surface area contributed by atoms with Crippen molar-refractivity contribution in [3.8, 4) is 0 Å². The van der Waals surface area contributed by atoms with Gasteiger partial charge in [-0.05, 0) is 6.92 Å². The van der Waals surface area contributed by atoms with E-state index in [1.54, 1.807) is 6.92 Å². The molecule has 8 heteroatoms. The second-order valence-electron chi connectivity index (χ2n) is 3.93. The zero-order valence-electron chi connectivity index (χ0n) is 9.54. The Bertz CT molecular complexity index is 367. The van der Waals surface area contributed by atoms with E-state index in [1.807, 2.05) is 0 Å². The van der Waals surface area contributed by atoms with Gasteiger partial charge in [-0.15, -0.1) is 0 Å². The summed E-state index contributed by atoms with van der Waals surface area (Å²) in [6.07, 6.45) is 0. The minimum absolute atomic E-state index is 0.168. The third kappa shape index (κ3) is 2.34. The standard InChI is InChI=1S/C8H17N3O4S/c1-6-7(8(12)13)11(5-4-9-6)16(14,15)10(2)3/h6-7,9H,4-5H2,1-3H3,(H,12,13). The number of hydrogen-bond acceptors (Lipinski definition) is 4. The summed E-state index contributed by atoms with van der Waals surface area (Å²) in [5.74, 6) is -1.13. The molecule has 2 atom stereocenters. The molecular weight excluding hydrogens is 234 g/mol. The van der Waals surface area contributed by atoms with Gasteiger partial charge in [0.15, 0.2) is 0 Å². The number of piperazine rings is 1. The summed E-state index contributed by atoms with van der Waals surface area (Å²) < 4.78 is 25.9. The van der Waals surface area contributed by atoms with Crippen molar-refractivity contribution in [1.82, 2.24) is 13.9 Å². The maximum atomic E-state index is 11.9. The number of hydrogen-bond donors (Lipinski definition) is 2. The van der Waals surface area contributed by atoms with Crippen LogP contribution in [-0.2, 0) is 15.0 Å². The Morgan fingerprint density at radius 2 is 2.06 bits per heavy atom. The molecule has 7 nitrogen and oxygen atoms in total. The fourth-order valence-electron chi connectivity index (χ4n) is 1.71. The maximum absolute atomic E-state index is 11.9. The number of carboxylic acids is 1. The lowest BCUT2D eigenvalue weighted by atomic mass is 10.1. The monoisotopic (exact) mass is 251 g/mol. The highest BCUT2D eigenvalue weighted by Gasteiger charge is 2.41. The van der Waals surface area contributed by atoms with Crippen LogP contribution in [0.3, 0.4) is 0 Å². The first kappa shape index (κ1) is 13.4. The summed E-state index contributed by atoms with van der Waals surface area (Å²) in [4.78, 5) is 11.1. The topological polar surface area (TPSA) is 90.0 Å². The van der Waals surface area contributed by atoms with Gasteiger partial charge in [0, 0.05) is 33.2 Å². The van der Waals surface area contributed by atoms with Crippen LogP contribution in [0.25, 0.3) is 0 Å². The van der Waals surface area contributed by atoms with E-state index < -0.39 is 28.3 Å². The van der Waals surface area contributed by atoms with Gasteiger partial charge in [-0.25, -0.2) is 0 Å². The van der Waals surface area contributed by atoms with Gasteiger partial charge in [-0.1, -0.05) is 0 Å². The van der Waals surface area contributed by atoms with E-state index >= 15 is 0 Å². The highest BCUT2D eigenvalue weighted by atomic mass is 32.2. The van der Waals surface area contributed by atoms with Crippen molar-refractivity contribution in [1.29, 1.82) is 0 Å². The van der Waals surface area contributed by atoms with Crippen molar-refractivity contribution in [3.63, 3.8) is 0 Å². The lowest BCUT2D eigenvalue weighted by Crippen LogP contribution is -2.63. The van der Waals surface area contributed by atoms with Gasteiger partial charge in [0.25, 0.3) is 10.2 Å². The molecule has 1 rings (SSSR count). The fourth-order valence-corrected chi connectivity index (χ4v) is 3.01. The van der Waals surface area contributed by atoms with Crippen LogP contribution in [0.15, 0.2) is 0 Å². The summed E-state index contributed by atoms with van der Waals surface area (Å²) in [7, 11) is -0.902. The summed E-state index contributed by atoms with van der Waals surface area (Å²) in [5.41, 5.74) is 0.